The van der Waals surface area contributed by atoms with Gasteiger partial charge in [-0.3, -0.25) is 0 Å². The van der Waals surface area contributed by atoms with Crippen molar-refractivity contribution in [2.45, 2.75) is 46.0 Å². The van der Waals surface area contributed by atoms with Crippen LogP contribution in [0.25, 0.3) is 11.1 Å². The van der Waals surface area contributed by atoms with Gasteiger partial charge in [0, 0.05) is 41.9 Å². The second kappa shape index (κ2) is 15.2. The molecule has 2 atom stereocenters. The Labute approximate surface area is 243 Å². The first-order chi connectivity index (χ1) is 17.7. The van der Waals surface area contributed by atoms with Crippen molar-refractivity contribution in [1.29, 1.82) is 0 Å². The Kier molecular flexibility index (Phi) is 12.6. The molecule has 38 heavy (non-hydrogen) atoms. The molecule has 0 fully saturated rings. The molecule has 2 aromatic carbocycles. The van der Waals surface area contributed by atoms with Crippen molar-refractivity contribution in [2.75, 3.05) is 19.8 Å². The van der Waals surface area contributed by atoms with Crippen molar-refractivity contribution in [1.82, 2.24) is 4.98 Å². The summed E-state index contributed by atoms with van der Waals surface area (Å²) < 4.78 is 31.7. The van der Waals surface area contributed by atoms with Crippen molar-refractivity contribution in [3.8, 4) is 22.8 Å². The molecule has 1 heterocycles. The Morgan fingerprint density at radius 3 is 2.39 bits per heavy atom. The predicted molar refractivity (Wildman–Crippen MR) is 132 cm³/mol. The first-order valence-corrected chi connectivity index (χ1v) is 11.9. The number of aromatic nitrogens is 1. The maximum absolute atomic E-state index is 14.9. The zero-order valence-electron chi connectivity index (χ0n) is 22.1. The van der Waals surface area contributed by atoms with Crippen LogP contribution in [-0.2, 0) is 16.1 Å². The smallest absolute Gasteiger partial charge is 0.550 e. The monoisotopic (exact) mass is 535 g/mol. The summed E-state index contributed by atoms with van der Waals surface area (Å²) in [5.41, 5.74) is 3.76. The minimum atomic E-state index is -1.19. The molecule has 3 aromatic rings. The zero-order valence-corrected chi connectivity index (χ0v) is 24.1. The number of ether oxygens (including phenoxy) is 3. The van der Waals surface area contributed by atoms with E-state index in [1.54, 1.807) is 56.3 Å². The number of carboxylic acids is 1. The van der Waals surface area contributed by atoms with Gasteiger partial charge >= 0.3 is 29.6 Å². The normalized spacial score (nSPS) is 12.4. The van der Waals surface area contributed by atoms with Gasteiger partial charge < -0.3 is 34.3 Å². The maximum Gasteiger partial charge on any atom is 1.00 e. The minimum absolute atomic E-state index is 0. The van der Waals surface area contributed by atoms with Crippen LogP contribution in [0.4, 0.5) is 4.39 Å². The molecule has 0 amide bonds. The van der Waals surface area contributed by atoms with Crippen LogP contribution in [0.15, 0.2) is 48.5 Å². The largest absolute Gasteiger partial charge is 1.00 e. The van der Waals surface area contributed by atoms with Gasteiger partial charge in [-0.2, -0.15) is 0 Å². The standard InChI is InChI=1S/C28H32FNO7.Na/c1-4-35-25(13-27(33)34)19-5-8-22(9-6-19)36-15-20-7-11-24(29)28(17(20)2)23-10-12-26(30-18(23)3)37-16-21(32)14-31;/h5-12,21,25,31-32H,4,13-16H2,1-3H3,(H,33,34);/q;+1/p-1/t21-,25+;/m1./s1. The third-order valence-corrected chi connectivity index (χ3v) is 5.86. The Morgan fingerprint density at radius 2 is 1.79 bits per heavy atom. The van der Waals surface area contributed by atoms with Gasteiger partial charge in [0.05, 0.1) is 12.7 Å². The van der Waals surface area contributed by atoms with E-state index >= 15 is 0 Å². The van der Waals surface area contributed by atoms with Crippen LogP contribution in [0.1, 0.15) is 41.8 Å². The number of nitrogens with zero attached hydrogens (tertiary/aromatic N) is 1. The predicted octanol–water partition coefficient (Wildman–Crippen LogP) is 0.0371. The summed E-state index contributed by atoms with van der Waals surface area (Å²) in [6.07, 6.45) is -1.85. The molecule has 0 radical (unpaired) electrons. The van der Waals surface area contributed by atoms with Gasteiger partial charge in [-0.25, -0.2) is 9.37 Å². The molecule has 1 aromatic heterocycles. The Bertz CT molecular complexity index is 1210. The molecular weight excluding hydrogens is 504 g/mol. The second-order valence-electron chi connectivity index (χ2n) is 8.51. The van der Waals surface area contributed by atoms with Crippen molar-refractivity contribution in [3.05, 3.63) is 76.7 Å². The Morgan fingerprint density at radius 1 is 1.08 bits per heavy atom. The number of aliphatic hydroxyl groups excluding tert-OH is 2. The molecule has 0 saturated carbocycles. The van der Waals surface area contributed by atoms with E-state index in [4.69, 9.17) is 19.3 Å². The topological polar surface area (TPSA) is 121 Å². The number of benzene rings is 2. The van der Waals surface area contributed by atoms with E-state index in [9.17, 15) is 19.4 Å². The third kappa shape index (κ3) is 8.49. The van der Waals surface area contributed by atoms with E-state index in [0.29, 0.717) is 40.3 Å². The summed E-state index contributed by atoms with van der Waals surface area (Å²) in [5.74, 6) is -0.743. The third-order valence-electron chi connectivity index (χ3n) is 5.86. The van der Waals surface area contributed by atoms with Crippen LogP contribution in [-0.4, -0.2) is 47.1 Å². The molecule has 10 heteroatoms. The van der Waals surface area contributed by atoms with E-state index in [1.165, 1.54) is 6.07 Å². The Hall–Kier alpha value is -2.53. The quantitative estimate of drug-likeness (QED) is 0.295. The maximum atomic E-state index is 14.9. The number of carboxylic acid groups (broad SMARTS) is 1. The molecule has 0 spiro atoms. The summed E-state index contributed by atoms with van der Waals surface area (Å²) in [4.78, 5) is 15.4. The fourth-order valence-corrected chi connectivity index (χ4v) is 3.89. The number of carbonyl (C=O) groups excluding carboxylic acids is 1. The average Bonchev–Trinajstić information content (AvgIpc) is 2.87. The molecule has 0 bridgehead atoms. The van der Waals surface area contributed by atoms with Crippen molar-refractivity contribution >= 4 is 5.97 Å². The van der Waals surface area contributed by atoms with E-state index in [-0.39, 0.29) is 55.1 Å². The van der Waals surface area contributed by atoms with Gasteiger partial charge in [0.15, 0.2) is 0 Å². The van der Waals surface area contributed by atoms with Gasteiger partial charge in [-0.15, -0.1) is 0 Å². The summed E-state index contributed by atoms with van der Waals surface area (Å²) in [6, 6.07) is 13.3. The number of aryl methyl sites for hydroxylation is 1. The average molecular weight is 536 g/mol. The van der Waals surface area contributed by atoms with Crippen LogP contribution in [0.5, 0.6) is 11.6 Å². The molecule has 0 aliphatic carbocycles. The van der Waals surface area contributed by atoms with Gasteiger partial charge in [0.25, 0.3) is 0 Å². The van der Waals surface area contributed by atoms with Gasteiger partial charge in [0.1, 0.15) is 30.9 Å². The first-order valence-electron chi connectivity index (χ1n) is 11.9. The SMILES string of the molecule is CCO[C@@H](CC(=O)[O-])c1ccc(OCc2ccc(F)c(-c3ccc(OC[C@H](O)CO)nc3C)c2C)cc1.[Na+]. The van der Waals surface area contributed by atoms with E-state index in [2.05, 4.69) is 4.98 Å². The summed E-state index contributed by atoms with van der Waals surface area (Å²) in [7, 11) is 0. The molecule has 0 saturated heterocycles. The number of carbonyl (C=O) groups is 1. The Balaban J connectivity index is 0.00000507. The van der Waals surface area contributed by atoms with Crippen molar-refractivity contribution < 1.29 is 68.3 Å². The molecule has 3 rings (SSSR count). The van der Waals surface area contributed by atoms with Crippen LogP contribution in [0, 0.1) is 19.7 Å². The summed E-state index contributed by atoms with van der Waals surface area (Å²) in [6.45, 7) is 5.39. The summed E-state index contributed by atoms with van der Waals surface area (Å²) >= 11 is 0. The zero-order chi connectivity index (χ0) is 26.9. The number of pyridine rings is 1. The number of rotatable bonds is 13. The minimum Gasteiger partial charge on any atom is -0.550 e. The van der Waals surface area contributed by atoms with Crippen molar-refractivity contribution in [2.24, 2.45) is 0 Å². The molecule has 198 valence electrons. The van der Waals surface area contributed by atoms with E-state index in [0.717, 1.165) is 5.56 Å². The number of aliphatic carboxylic acids is 1. The molecular formula is C28H31FNNaO7. The number of halogens is 1. The van der Waals surface area contributed by atoms with E-state index < -0.39 is 30.6 Å². The second-order valence-corrected chi connectivity index (χ2v) is 8.51. The first kappa shape index (κ1) is 31.7. The number of hydrogen-bond donors (Lipinski definition) is 2. The molecule has 0 unspecified atom stereocenters. The van der Waals surface area contributed by atoms with Gasteiger partial charge in [-0.05, 0) is 61.7 Å². The van der Waals surface area contributed by atoms with Crippen LogP contribution < -0.4 is 44.1 Å². The molecule has 2 N–H and O–H groups in total. The summed E-state index contributed by atoms with van der Waals surface area (Å²) in [5, 5.41) is 29.4. The van der Waals surface area contributed by atoms with Crippen LogP contribution in [0.3, 0.4) is 0 Å². The number of hydrogen-bond acceptors (Lipinski definition) is 8. The molecule has 8 nitrogen and oxygen atoms in total. The molecule has 0 aliphatic heterocycles. The fourth-order valence-electron chi connectivity index (χ4n) is 3.89. The van der Waals surface area contributed by atoms with Crippen molar-refractivity contribution in [3.63, 3.8) is 0 Å². The van der Waals surface area contributed by atoms with E-state index in [1.807, 2.05) is 6.92 Å². The molecule has 0 aliphatic rings. The van der Waals surface area contributed by atoms with Crippen LogP contribution >= 0.6 is 0 Å². The van der Waals surface area contributed by atoms with Gasteiger partial charge in [0.2, 0.25) is 5.88 Å². The fraction of sp³-hybridized carbons (Fsp3) is 0.357. The van der Waals surface area contributed by atoms with Gasteiger partial charge in [-0.1, -0.05) is 18.2 Å². The van der Waals surface area contributed by atoms with Crippen LogP contribution in [0.2, 0.25) is 0 Å². The number of aliphatic hydroxyl groups is 2.